The molecular formula is C22H24ClN5O4S2. The molecule has 0 saturated carbocycles. The molecule has 0 radical (unpaired) electrons. The summed E-state index contributed by atoms with van der Waals surface area (Å²) in [5, 5.41) is 5.92. The van der Waals surface area contributed by atoms with Gasteiger partial charge in [0.2, 0.25) is 0 Å². The molecule has 1 atom stereocenters. The molecule has 4 N–H and O–H groups in total. The Balaban J connectivity index is 1.62. The van der Waals surface area contributed by atoms with Gasteiger partial charge in [0.15, 0.2) is 10.6 Å². The van der Waals surface area contributed by atoms with E-state index in [0.717, 1.165) is 41.4 Å². The molecule has 2 aliphatic rings. The molecular weight excluding hydrogens is 498 g/mol. The predicted molar refractivity (Wildman–Crippen MR) is 131 cm³/mol. The van der Waals surface area contributed by atoms with E-state index in [1.54, 1.807) is 24.3 Å². The van der Waals surface area contributed by atoms with Gasteiger partial charge in [-0.25, -0.2) is 4.98 Å². The first-order valence-corrected chi connectivity index (χ1v) is 12.5. The summed E-state index contributed by atoms with van der Waals surface area (Å²) >= 11 is 8.41. The number of fused-ring (bicyclic) bond motifs is 1. The zero-order valence-electron chi connectivity index (χ0n) is 18.6. The van der Waals surface area contributed by atoms with Crippen LogP contribution in [0.3, 0.4) is 0 Å². The van der Waals surface area contributed by atoms with Gasteiger partial charge < -0.3 is 26.0 Å². The maximum atomic E-state index is 13.2. The topological polar surface area (TPSA) is 127 Å². The van der Waals surface area contributed by atoms with Crippen LogP contribution >= 0.6 is 34.3 Å². The van der Waals surface area contributed by atoms with Gasteiger partial charge in [0, 0.05) is 44.5 Å². The molecule has 0 fully saturated rings. The Labute approximate surface area is 209 Å². The van der Waals surface area contributed by atoms with Crippen LogP contribution in [0.2, 0.25) is 4.34 Å². The molecule has 9 nitrogen and oxygen atoms in total. The van der Waals surface area contributed by atoms with Gasteiger partial charge in [-0.05, 0) is 24.8 Å². The van der Waals surface area contributed by atoms with Crippen molar-refractivity contribution in [3.05, 3.63) is 60.3 Å². The standard InChI is InChI=1S/C22H24ClN5O4S2/c1-28-9-7-13-15(11-28)34-20(26-13)19(30)27-17-12(4-3-8-22(17,32-2)21(24)31)10-25-18(29)14-5-6-16(23)33-14/h3-6H,7-11H2,1-2H3,(H2,24,31)(H,25,29)(H,27,30). The average molecular weight is 522 g/mol. The van der Waals surface area contributed by atoms with Crippen molar-refractivity contribution in [1.29, 1.82) is 0 Å². The fourth-order valence-electron chi connectivity index (χ4n) is 3.94. The molecule has 180 valence electrons. The number of nitrogens with zero attached hydrogens (tertiary/aromatic N) is 2. The largest absolute Gasteiger partial charge is 0.367 e. The smallest absolute Gasteiger partial charge is 0.284 e. The molecule has 1 aliphatic carbocycles. The second-order valence-corrected chi connectivity index (χ2v) is 10.8. The molecule has 2 aromatic heterocycles. The summed E-state index contributed by atoms with van der Waals surface area (Å²) in [5.74, 6) is -1.53. The van der Waals surface area contributed by atoms with Crippen LogP contribution in [0.25, 0.3) is 0 Å². The Hall–Kier alpha value is -2.57. The van der Waals surface area contributed by atoms with Crippen LogP contribution in [0.15, 0.2) is 35.6 Å². The van der Waals surface area contributed by atoms with Gasteiger partial charge >= 0.3 is 0 Å². The zero-order chi connectivity index (χ0) is 24.5. The summed E-state index contributed by atoms with van der Waals surface area (Å²) in [6.07, 6.45) is 4.38. The van der Waals surface area contributed by atoms with E-state index >= 15 is 0 Å². The maximum Gasteiger partial charge on any atom is 0.284 e. The lowest BCUT2D eigenvalue weighted by Crippen LogP contribution is -2.53. The fraction of sp³-hybridized carbons (Fsp3) is 0.364. The maximum absolute atomic E-state index is 13.2. The Morgan fingerprint density at radius 2 is 2.09 bits per heavy atom. The summed E-state index contributed by atoms with van der Waals surface area (Å²) in [7, 11) is 3.38. The van der Waals surface area contributed by atoms with Crippen LogP contribution in [0.1, 0.15) is 36.5 Å². The van der Waals surface area contributed by atoms with Gasteiger partial charge in [-0.15, -0.1) is 22.7 Å². The SMILES string of the molecule is COC1(C(N)=O)CC=CC(CNC(=O)c2ccc(Cl)s2)=C1NC(=O)c1nc2c(s1)CN(C)CC2. The van der Waals surface area contributed by atoms with E-state index in [-0.39, 0.29) is 24.6 Å². The summed E-state index contributed by atoms with van der Waals surface area (Å²) < 4.78 is 6.06. The highest BCUT2D eigenvalue weighted by molar-refractivity contribution is 7.18. The molecule has 3 heterocycles. The third-order valence-corrected chi connectivity index (χ3v) is 8.10. The number of carbonyl (C=O) groups is 3. The van der Waals surface area contributed by atoms with E-state index in [9.17, 15) is 14.4 Å². The highest BCUT2D eigenvalue weighted by Crippen LogP contribution is 2.32. The van der Waals surface area contributed by atoms with Gasteiger partial charge in [-0.1, -0.05) is 23.8 Å². The highest BCUT2D eigenvalue weighted by Gasteiger charge is 2.44. The number of methoxy groups -OCH3 is 1. The minimum Gasteiger partial charge on any atom is -0.367 e. The third-order valence-electron chi connectivity index (χ3n) is 5.79. The third kappa shape index (κ3) is 4.80. The lowest BCUT2D eigenvalue weighted by Gasteiger charge is -2.34. The van der Waals surface area contributed by atoms with Crippen LogP contribution < -0.4 is 16.4 Å². The number of primary amides is 1. The number of hydrogen-bond acceptors (Lipinski definition) is 8. The minimum atomic E-state index is -1.58. The van der Waals surface area contributed by atoms with Crippen molar-refractivity contribution in [2.24, 2.45) is 5.73 Å². The quantitative estimate of drug-likeness (QED) is 0.512. The van der Waals surface area contributed by atoms with Crippen molar-refractivity contribution in [2.75, 3.05) is 27.2 Å². The zero-order valence-corrected chi connectivity index (χ0v) is 21.0. The molecule has 0 spiro atoms. The van der Waals surface area contributed by atoms with E-state index in [4.69, 9.17) is 22.1 Å². The number of aromatic nitrogens is 1. The Morgan fingerprint density at radius 3 is 2.76 bits per heavy atom. The lowest BCUT2D eigenvalue weighted by atomic mass is 9.86. The number of thiophene rings is 1. The lowest BCUT2D eigenvalue weighted by molar-refractivity contribution is -0.136. The first-order valence-electron chi connectivity index (χ1n) is 10.5. The monoisotopic (exact) mass is 521 g/mol. The first-order chi connectivity index (χ1) is 16.2. The van der Waals surface area contributed by atoms with Crippen molar-refractivity contribution in [2.45, 2.75) is 25.0 Å². The van der Waals surface area contributed by atoms with E-state index < -0.39 is 17.4 Å². The second kappa shape index (κ2) is 9.96. The number of nitrogens with one attached hydrogen (secondary N) is 2. The van der Waals surface area contributed by atoms with Gasteiger partial charge in [-0.2, -0.15) is 0 Å². The van der Waals surface area contributed by atoms with Crippen molar-refractivity contribution in [3.8, 4) is 0 Å². The molecule has 0 bridgehead atoms. The molecule has 4 rings (SSSR count). The molecule has 12 heteroatoms. The summed E-state index contributed by atoms with van der Waals surface area (Å²) in [6, 6.07) is 3.27. The van der Waals surface area contributed by atoms with Crippen molar-refractivity contribution in [1.82, 2.24) is 20.5 Å². The minimum absolute atomic E-state index is 0.0397. The molecule has 1 unspecified atom stereocenters. The normalized spacial score (nSPS) is 20.2. The van der Waals surface area contributed by atoms with Gasteiger partial charge in [-0.3, -0.25) is 14.4 Å². The molecule has 0 aromatic carbocycles. The average Bonchev–Trinajstić information content (AvgIpc) is 3.43. The molecule has 1 aliphatic heterocycles. The number of thiazole rings is 1. The Kier molecular flexibility index (Phi) is 7.20. The number of carbonyl (C=O) groups excluding carboxylic acids is 3. The van der Waals surface area contributed by atoms with Crippen LogP contribution in [0.5, 0.6) is 0 Å². The molecule has 34 heavy (non-hydrogen) atoms. The summed E-state index contributed by atoms with van der Waals surface area (Å²) in [5.41, 5.74) is 5.76. The number of ether oxygens (including phenoxy) is 1. The molecule has 0 saturated heterocycles. The van der Waals surface area contributed by atoms with Crippen LogP contribution in [-0.2, 0) is 22.5 Å². The number of rotatable bonds is 7. The first kappa shape index (κ1) is 24.6. The number of hydrogen-bond donors (Lipinski definition) is 3. The Bertz CT molecular complexity index is 1200. The van der Waals surface area contributed by atoms with E-state index in [1.165, 1.54) is 18.4 Å². The summed E-state index contributed by atoms with van der Waals surface area (Å²) in [6.45, 7) is 1.65. The summed E-state index contributed by atoms with van der Waals surface area (Å²) in [4.78, 5) is 46.4. The van der Waals surface area contributed by atoms with Crippen molar-refractivity contribution >= 4 is 52.0 Å². The van der Waals surface area contributed by atoms with Crippen LogP contribution in [-0.4, -0.2) is 60.5 Å². The number of likely N-dealkylation sites (N-methyl/N-ethyl adjacent to an activating group) is 1. The van der Waals surface area contributed by atoms with Gasteiger partial charge in [0.25, 0.3) is 17.7 Å². The van der Waals surface area contributed by atoms with E-state index in [2.05, 4.69) is 20.5 Å². The number of amides is 3. The second-order valence-electron chi connectivity index (χ2n) is 8.02. The van der Waals surface area contributed by atoms with E-state index in [0.29, 0.717) is 19.8 Å². The number of nitrogens with two attached hydrogens (primary N) is 1. The van der Waals surface area contributed by atoms with E-state index in [1.807, 2.05) is 7.05 Å². The highest BCUT2D eigenvalue weighted by atomic mass is 35.5. The van der Waals surface area contributed by atoms with Crippen LogP contribution in [0, 0.1) is 0 Å². The van der Waals surface area contributed by atoms with Gasteiger partial charge in [0.1, 0.15) is 0 Å². The van der Waals surface area contributed by atoms with Crippen molar-refractivity contribution in [3.63, 3.8) is 0 Å². The Morgan fingerprint density at radius 1 is 1.29 bits per heavy atom. The molecule has 3 amide bonds. The fourth-order valence-corrected chi connectivity index (χ4v) is 5.98. The van der Waals surface area contributed by atoms with Crippen molar-refractivity contribution < 1.29 is 19.1 Å². The molecule has 2 aromatic rings. The predicted octanol–water partition coefficient (Wildman–Crippen LogP) is 2.09. The number of halogens is 1. The van der Waals surface area contributed by atoms with Crippen LogP contribution in [0.4, 0.5) is 0 Å². The van der Waals surface area contributed by atoms with Gasteiger partial charge in [0.05, 0.1) is 20.6 Å².